The van der Waals surface area contributed by atoms with Crippen molar-refractivity contribution in [2.45, 2.75) is 258 Å². The minimum Gasteiger partial charge on any atom is -0.508 e. The molecule has 0 spiro atoms. The first-order chi connectivity index (χ1) is 62.1. The number of β-amino-alcohol motifs (C(OH)–C–C–N with tert-alkyl or cyclic N) is 1. The predicted molar refractivity (Wildman–Crippen MR) is 488 cm³/mol. The highest BCUT2D eigenvalue weighted by atomic mass is 32.1. The van der Waals surface area contributed by atoms with Crippen molar-refractivity contribution < 1.29 is 112 Å². The molecule has 48 nitrogen and oxygen atoms in total. The minimum atomic E-state index is -2.01. The van der Waals surface area contributed by atoms with Gasteiger partial charge in [0.05, 0.1) is 24.7 Å². The van der Waals surface area contributed by atoms with Gasteiger partial charge in [0.2, 0.25) is 94.5 Å². The second-order valence-corrected chi connectivity index (χ2v) is 34.5. The number of carbonyl (C=O) groups excluding carboxylic acids is 16. The number of unbranched alkanes of at least 4 members (excludes halogenated alkanes) is 1. The number of guanidine groups is 1. The molecule has 132 heavy (non-hydrogen) atoms. The zero-order valence-corrected chi connectivity index (χ0v) is 77.0. The van der Waals surface area contributed by atoms with E-state index in [0.29, 0.717) is 24.0 Å². The van der Waals surface area contributed by atoms with Gasteiger partial charge in [-0.1, -0.05) is 58.4 Å². The maximum Gasteiger partial charge on any atom is 0.326 e. The van der Waals surface area contributed by atoms with Crippen molar-refractivity contribution in [3.05, 3.63) is 59.7 Å². The molecule has 0 aromatic heterocycles. The van der Waals surface area contributed by atoms with Crippen LogP contribution in [0.15, 0.2) is 53.5 Å². The second-order valence-electron chi connectivity index (χ2n) is 33.0. The Morgan fingerprint density at radius 1 is 0.477 bits per heavy atom. The number of aliphatic carboxylic acids is 1. The molecule has 2 aromatic carbocycles. The third kappa shape index (κ3) is 38.8. The molecule has 0 bridgehead atoms. The third-order valence-electron chi connectivity index (χ3n) is 21.4. The molecular formula is C82H137N25O23S2. The molecule has 1 saturated heterocycles. The summed E-state index contributed by atoms with van der Waals surface area (Å²) in [6, 6.07) is -14.4. The zero-order valence-electron chi connectivity index (χ0n) is 75.2. The summed E-state index contributed by atoms with van der Waals surface area (Å²) >= 11 is 8.80. The third-order valence-corrected chi connectivity index (χ3v) is 22.0. The van der Waals surface area contributed by atoms with E-state index in [4.69, 9.17) is 51.6 Å². The number of nitrogens with one attached hydrogen (secondary N) is 14. The van der Waals surface area contributed by atoms with Gasteiger partial charge in [-0.05, 0) is 165 Å². The standard InChI is InChI=1S/C82H137N25O23S2/c1-8-41(4)62(104-75(124)59-36-47(112)38-107(59)79(128)61(89)40(2)3)76(125)106-64(82(6,7)132)78(127)101-55(34-43-14-18-45(110)19-15-43)72(121)98-54(26-33-108)70(119)100-56(37-60(88)113)73(122)94-49(13-11-32-92-81(90)91)66(115)97-53(25-31-87)71(120)105-63(42(5)109)77(126)99-52(24-30-86)68(117)93-48(12-9-10-27-83)65(114)95-50(22-28-84)67(116)96-51(23-29-85)69(118)103-58(39-131)74(123)102-57(80(129)130)35-44-16-20-46(111)21-17-44/h14-21,40-42,47-59,61-64,108-112,131-132H,8-13,22-39,83-87,89H2,1-7H3,(H2,88,113)(H,93,117)(H,94,122)(H,95,114)(H,96,116)(H,97,115)(H,98,121)(H,99,126)(H,100,119)(H,101,127)(H,102,123)(H,103,118)(H,104,124)(H,105,120)(H,106,125)(H,129,130)(H4,90,91,92)/t41-,42+,47+,48-,49-,50-,51-,52+,53-,54-,55-,56-,57-,58-,59-,61-,62-,63-,64+/m0/s1. The van der Waals surface area contributed by atoms with Gasteiger partial charge in [-0.3, -0.25) is 81.7 Å². The first-order valence-corrected chi connectivity index (χ1v) is 44.5. The fraction of sp³-hybridized carbons (Fsp3) is 0.634. The van der Waals surface area contributed by atoms with E-state index >= 15 is 0 Å². The number of carboxylic acid groups (broad SMARTS) is 1. The highest BCUT2D eigenvalue weighted by Crippen LogP contribution is 2.25. The van der Waals surface area contributed by atoms with Gasteiger partial charge >= 0.3 is 5.97 Å². The normalized spacial score (nSPS) is 16.9. The molecule has 38 N–H and O–H groups in total. The van der Waals surface area contributed by atoms with Crippen molar-refractivity contribution in [1.82, 2.24) is 79.3 Å². The van der Waals surface area contributed by atoms with E-state index in [0.717, 1.165) is 11.8 Å². The summed E-state index contributed by atoms with van der Waals surface area (Å²) < 4.78 is -1.48. The van der Waals surface area contributed by atoms with E-state index in [1.807, 2.05) is 0 Å². The van der Waals surface area contributed by atoms with Gasteiger partial charge in [0.1, 0.15) is 102 Å². The molecule has 19 atom stereocenters. The SMILES string of the molecule is CC[C@H](C)[C@H](NC(=O)[C@@H]1C[C@@H](O)CN1C(=O)[C@@H](N)C(C)C)C(=O)N[C@H](C(=O)N[C@@H](Cc1ccc(O)cc1)C(=O)N[C@@H](CCO)C(=O)N[C@@H](CC(N)=O)C(=O)N[C@@H](CCCN=C(N)N)C(=O)N[C@@H](CCN)C(=O)N[C@H](C(=O)N[C@H](CCN)C(=O)N[C@@H](CCCCN)C(=O)N[C@@H](CCN)C(=O)N[C@@H](CCN)C(=O)N[C@@H](CS)C(=O)N[C@@H](Cc1ccc(O)cc1)C(=O)O)[C@@H](C)O)C(C)(C)S. The van der Waals surface area contributed by atoms with Crippen molar-refractivity contribution in [2.75, 3.05) is 58.2 Å². The Morgan fingerprint density at radius 2 is 0.848 bits per heavy atom. The van der Waals surface area contributed by atoms with Crippen LogP contribution >= 0.6 is 25.3 Å². The number of rotatable bonds is 60. The number of thiol groups is 2. The first kappa shape index (κ1) is 115. The molecule has 1 aliphatic heterocycles. The number of nitrogens with zero attached hydrogens (tertiary/aromatic N) is 2. The average Bonchev–Trinajstić information content (AvgIpc) is 1.64. The summed E-state index contributed by atoms with van der Waals surface area (Å²) in [5.74, 6) is -20.1. The molecule has 16 amide bonds. The smallest absolute Gasteiger partial charge is 0.326 e. The first-order valence-electron chi connectivity index (χ1n) is 43.4. The number of aliphatic hydroxyl groups excluding tert-OH is 3. The number of amides is 16. The van der Waals surface area contributed by atoms with Crippen LogP contribution in [0.1, 0.15) is 143 Å². The maximum absolute atomic E-state index is 14.7. The fourth-order valence-corrected chi connectivity index (χ4v) is 14.0. The van der Waals surface area contributed by atoms with E-state index in [1.165, 1.54) is 62.4 Å². The van der Waals surface area contributed by atoms with Crippen LogP contribution in [0, 0.1) is 11.8 Å². The molecule has 740 valence electrons. The number of phenols is 2. The molecule has 3 rings (SSSR count). The number of hydrogen-bond acceptors (Lipinski definition) is 31. The van der Waals surface area contributed by atoms with E-state index in [2.05, 4.69) is 105 Å². The molecule has 0 saturated carbocycles. The topological polar surface area (TPSA) is 830 Å². The quantitative estimate of drug-likeness (QED) is 0.0127. The Hall–Kier alpha value is -11.4. The lowest BCUT2D eigenvalue weighted by atomic mass is 9.95. The zero-order chi connectivity index (χ0) is 99.6. The number of phenolic OH excluding ortho intramolecular Hbond substituents is 2. The van der Waals surface area contributed by atoms with Crippen LogP contribution in [0.3, 0.4) is 0 Å². The number of primary amides is 1. The number of nitrogens with two attached hydrogens (primary N) is 9. The van der Waals surface area contributed by atoms with Gasteiger partial charge in [-0.2, -0.15) is 25.3 Å². The van der Waals surface area contributed by atoms with E-state index in [1.54, 1.807) is 27.7 Å². The van der Waals surface area contributed by atoms with Gasteiger partial charge in [0.15, 0.2) is 5.96 Å². The number of aliphatic imine (C=N–C) groups is 1. The summed E-state index contributed by atoms with van der Waals surface area (Å²) in [5, 5.41) is 96.3. The molecule has 1 fully saturated rings. The van der Waals surface area contributed by atoms with Crippen LogP contribution in [0.25, 0.3) is 0 Å². The molecule has 0 unspecified atom stereocenters. The summed E-state index contributed by atoms with van der Waals surface area (Å²) in [7, 11) is 0. The maximum atomic E-state index is 14.7. The Labute approximate surface area is 775 Å². The van der Waals surface area contributed by atoms with E-state index < -0.39 is 252 Å². The number of carboxylic acids is 1. The Bertz CT molecular complexity index is 4210. The summed E-state index contributed by atoms with van der Waals surface area (Å²) in [6.07, 6.45) is -6.37. The largest absolute Gasteiger partial charge is 0.508 e. The van der Waals surface area contributed by atoms with Crippen molar-refractivity contribution >= 4 is 132 Å². The van der Waals surface area contributed by atoms with Crippen LogP contribution in [-0.4, -0.2) is 314 Å². The predicted octanol–water partition coefficient (Wildman–Crippen LogP) is -10.4. The monoisotopic (exact) mass is 1900 g/mol. The number of hydrogen-bond donors (Lipinski definition) is 31. The molecular weight excluding hydrogens is 1770 g/mol. The Kier molecular flexibility index (Phi) is 50.3. The van der Waals surface area contributed by atoms with Crippen molar-refractivity contribution in [2.24, 2.45) is 68.4 Å². The fourth-order valence-electron chi connectivity index (χ4n) is 13.6. The van der Waals surface area contributed by atoms with Crippen molar-refractivity contribution in [1.29, 1.82) is 0 Å². The lowest BCUT2D eigenvalue weighted by Crippen LogP contribution is -2.64. The van der Waals surface area contributed by atoms with Crippen LogP contribution in [0.2, 0.25) is 0 Å². The lowest BCUT2D eigenvalue weighted by Gasteiger charge is -2.34. The summed E-state index contributed by atoms with van der Waals surface area (Å²) in [4.78, 5) is 244. The van der Waals surface area contributed by atoms with Gasteiger partial charge in [-0.25, -0.2) is 4.79 Å². The highest BCUT2D eigenvalue weighted by molar-refractivity contribution is 7.81. The van der Waals surface area contributed by atoms with Gasteiger partial charge in [-0.15, -0.1) is 0 Å². The minimum absolute atomic E-state index is 0.0831. The molecule has 0 radical (unpaired) electrons. The van der Waals surface area contributed by atoms with E-state index in [9.17, 15) is 112 Å². The molecule has 50 heteroatoms. The lowest BCUT2D eigenvalue weighted by molar-refractivity contribution is -0.142. The molecule has 0 aliphatic carbocycles. The Morgan fingerprint density at radius 3 is 1.24 bits per heavy atom. The number of aromatic hydroxyl groups is 2. The van der Waals surface area contributed by atoms with Crippen LogP contribution in [0.4, 0.5) is 0 Å². The average molecular weight is 1910 g/mol. The summed E-state index contributed by atoms with van der Waals surface area (Å²) in [5.41, 5.74) is 53.0. The van der Waals surface area contributed by atoms with Gasteiger partial charge in [0, 0.05) is 49.5 Å². The van der Waals surface area contributed by atoms with Crippen molar-refractivity contribution in [3.63, 3.8) is 0 Å². The molecule has 1 heterocycles. The number of benzene rings is 2. The molecule has 2 aromatic rings. The van der Waals surface area contributed by atoms with E-state index in [-0.39, 0.29) is 133 Å². The van der Waals surface area contributed by atoms with Crippen LogP contribution in [-0.2, 0) is 94.3 Å². The number of carbonyl (C=O) groups is 17. The second kappa shape index (κ2) is 57.8. The number of likely N-dealkylation sites (tertiary alicyclic amines) is 1. The van der Waals surface area contributed by atoms with Gasteiger partial charge in [0.25, 0.3) is 0 Å². The molecule has 1 aliphatic rings. The van der Waals surface area contributed by atoms with Crippen LogP contribution < -0.4 is 126 Å². The van der Waals surface area contributed by atoms with Crippen LogP contribution in [0.5, 0.6) is 11.5 Å². The Balaban J connectivity index is 1.92. The van der Waals surface area contributed by atoms with Gasteiger partial charge < -0.3 is 162 Å². The van der Waals surface area contributed by atoms with Crippen molar-refractivity contribution in [3.8, 4) is 11.5 Å². The number of aliphatic hydroxyl groups is 3. The summed E-state index contributed by atoms with van der Waals surface area (Å²) in [6.45, 7) is 8.57. The highest BCUT2D eigenvalue weighted by Gasteiger charge is 2.46.